The maximum Gasteiger partial charge on any atom is 0.234 e. The third-order valence-electron chi connectivity index (χ3n) is 4.30. The predicted molar refractivity (Wildman–Crippen MR) is 118 cm³/mol. The van der Waals surface area contributed by atoms with E-state index in [0.717, 1.165) is 11.1 Å². The molecule has 7 nitrogen and oxygen atoms in total. The first-order valence-electron chi connectivity index (χ1n) is 9.17. The molecule has 0 aliphatic rings. The van der Waals surface area contributed by atoms with Crippen LogP contribution in [0.3, 0.4) is 0 Å². The Hall–Kier alpha value is -3.26. The first-order chi connectivity index (χ1) is 14.5. The summed E-state index contributed by atoms with van der Waals surface area (Å²) in [6, 6.07) is 14.8. The highest BCUT2D eigenvalue weighted by Gasteiger charge is 2.12. The minimum absolute atomic E-state index is 0.147. The molecule has 0 bridgehead atoms. The number of methoxy groups -OCH3 is 3. The summed E-state index contributed by atoms with van der Waals surface area (Å²) in [5.41, 5.74) is 3.17. The van der Waals surface area contributed by atoms with Crippen molar-refractivity contribution in [3.63, 3.8) is 0 Å². The summed E-state index contributed by atoms with van der Waals surface area (Å²) in [5.74, 6) is 2.03. The monoisotopic (exact) mass is 425 g/mol. The number of rotatable bonds is 8. The molecular formula is C22H23N3O4S. The molecule has 30 heavy (non-hydrogen) atoms. The van der Waals surface area contributed by atoms with Gasteiger partial charge in [0.05, 0.1) is 38.5 Å². The fourth-order valence-electron chi connectivity index (χ4n) is 2.80. The molecular weight excluding hydrogens is 402 g/mol. The number of aryl methyl sites for hydroxylation is 1. The molecule has 1 N–H and O–H groups in total. The Bertz CT molecular complexity index is 1030. The van der Waals surface area contributed by atoms with Crippen LogP contribution in [-0.4, -0.2) is 43.2 Å². The van der Waals surface area contributed by atoms with Crippen LogP contribution >= 0.6 is 11.8 Å². The second-order valence-electron chi connectivity index (χ2n) is 6.36. The van der Waals surface area contributed by atoms with Crippen LogP contribution in [0, 0.1) is 6.92 Å². The van der Waals surface area contributed by atoms with Crippen molar-refractivity contribution in [3.05, 3.63) is 54.1 Å². The van der Waals surface area contributed by atoms with Crippen molar-refractivity contribution in [2.45, 2.75) is 11.9 Å². The molecule has 0 aliphatic carbocycles. The van der Waals surface area contributed by atoms with E-state index in [9.17, 15) is 4.79 Å². The lowest BCUT2D eigenvalue weighted by molar-refractivity contribution is -0.113. The lowest BCUT2D eigenvalue weighted by atomic mass is 10.1. The predicted octanol–water partition coefficient (Wildman–Crippen LogP) is 4.21. The SMILES string of the molecule is COc1ccc(-c2ccc(SCC(=O)Nc3cc(C)ccc3OC)nn2)c(OC)c1. The number of thioether (sulfide) groups is 1. The molecule has 0 fully saturated rings. The summed E-state index contributed by atoms with van der Waals surface area (Å²) >= 11 is 1.31. The van der Waals surface area contributed by atoms with Crippen LogP contribution in [-0.2, 0) is 4.79 Å². The van der Waals surface area contributed by atoms with Crippen LogP contribution in [0.2, 0.25) is 0 Å². The summed E-state index contributed by atoms with van der Waals surface area (Å²) in [5, 5.41) is 12.0. The van der Waals surface area contributed by atoms with Gasteiger partial charge in [0.25, 0.3) is 0 Å². The second kappa shape index (κ2) is 9.98. The van der Waals surface area contributed by atoms with E-state index >= 15 is 0 Å². The van der Waals surface area contributed by atoms with Gasteiger partial charge in [0.15, 0.2) is 0 Å². The number of anilines is 1. The van der Waals surface area contributed by atoms with E-state index in [4.69, 9.17) is 14.2 Å². The number of hydrogen-bond acceptors (Lipinski definition) is 7. The highest BCUT2D eigenvalue weighted by Crippen LogP contribution is 2.32. The molecule has 0 aliphatic heterocycles. The topological polar surface area (TPSA) is 82.6 Å². The summed E-state index contributed by atoms with van der Waals surface area (Å²) < 4.78 is 15.9. The first-order valence-corrected chi connectivity index (χ1v) is 10.2. The van der Waals surface area contributed by atoms with Crippen LogP contribution in [0.5, 0.6) is 17.2 Å². The molecule has 0 radical (unpaired) electrons. The molecule has 0 unspecified atom stereocenters. The van der Waals surface area contributed by atoms with Gasteiger partial charge in [0, 0.05) is 11.6 Å². The fraction of sp³-hybridized carbons (Fsp3) is 0.227. The number of aromatic nitrogens is 2. The Kier molecular flexibility index (Phi) is 7.13. The summed E-state index contributed by atoms with van der Waals surface area (Å²) in [4.78, 5) is 12.3. The highest BCUT2D eigenvalue weighted by molar-refractivity contribution is 7.99. The Labute approximate surface area is 179 Å². The summed E-state index contributed by atoms with van der Waals surface area (Å²) in [6.45, 7) is 1.96. The van der Waals surface area contributed by atoms with Crippen LogP contribution in [0.4, 0.5) is 5.69 Å². The molecule has 1 amide bonds. The molecule has 0 saturated carbocycles. The number of nitrogens with zero attached hydrogens (tertiary/aromatic N) is 2. The Balaban J connectivity index is 1.64. The highest BCUT2D eigenvalue weighted by atomic mass is 32.2. The molecule has 0 atom stereocenters. The summed E-state index contributed by atoms with van der Waals surface area (Å²) in [7, 11) is 4.77. The lowest BCUT2D eigenvalue weighted by Crippen LogP contribution is -2.15. The van der Waals surface area contributed by atoms with Gasteiger partial charge < -0.3 is 19.5 Å². The van der Waals surface area contributed by atoms with Crippen molar-refractivity contribution in [2.24, 2.45) is 0 Å². The van der Waals surface area contributed by atoms with Gasteiger partial charge in [0.1, 0.15) is 22.3 Å². The largest absolute Gasteiger partial charge is 0.497 e. The molecule has 3 rings (SSSR count). The first kappa shape index (κ1) is 21.4. The average molecular weight is 426 g/mol. The van der Waals surface area contributed by atoms with Gasteiger partial charge in [-0.25, -0.2) is 0 Å². The molecule has 3 aromatic rings. The Morgan fingerprint density at radius 3 is 2.40 bits per heavy atom. The normalized spacial score (nSPS) is 10.4. The fourth-order valence-corrected chi connectivity index (χ4v) is 3.41. The molecule has 8 heteroatoms. The van der Waals surface area contributed by atoms with Crippen molar-refractivity contribution in [1.29, 1.82) is 0 Å². The van der Waals surface area contributed by atoms with Gasteiger partial charge in [-0.05, 0) is 48.9 Å². The standard InChI is InChI=1S/C22H23N3O4S/c1-14-5-9-19(28-3)18(11-14)23-21(26)13-30-22-10-8-17(24-25-22)16-7-6-15(27-2)12-20(16)29-4/h5-12H,13H2,1-4H3,(H,23,26). The molecule has 1 heterocycles. The molecule has 0 spiro atoms. The number of carbonyl (C=O) groups excluding carboxylic acids is 1. The van der Waals surface area contributed by atoms with Gasteiger partial charge in [0.2, 0.25) is 5.91 Å². The van der Waals surface area contributed by atoms with Gasteiger partial charge in [-0.2, -0.15) is 0 Å². The van der Waals surface area contributed by atoms with E-state index in [-0.39, 0.29) is 11.7 Å². The van der Waals surface area contributed by atoms with E-state index < -0.39 is 0 Å². The van der Waals surface area contributed by atoms with Gasteiger partial charge in [-0.3, -0.25) is 4.79 Å². The molecule has 2 aromatic carbocycles. The number of benzene rings is 2. The van der Waals surface area contributed by atoms with Crippen molar-refractivity contribution in [3.8, 4) is 28.5 Å². The second-order valence-corrected chi connectivity index (χ2v) is 7.36. The molecule has 156 valence electrons. The van der Waals surface area contributed by atoms with Crippen LogP contribution < -0.4 is 19.5 Å². The quantitative estimate of drug-likeness (QED) is 0.541. The minimum Gasteiger partial charge on any atom is -0.497 e. The number of hydrogen-bond donors (Lipinski definition) is 1. The zero-order valence-electron chi connectivity index (χ0n) is 17.3. The van der Waals surface area contributed by atoms with E-state index in [0.29, 0.717) is 33.7 Å². The van der Waals surface area contributed by atoms with Crippen LogP contribution in [0.1, 0.15) is 5.56 Å². The van der Waals surface area contributed by atoms with Gasteiger partial charge in [-0.15, -0.1) is 10.2 Å². The maximum absolute atomic E-state index is 12.3. The van der Waals surface area contributed by atoms with E-state index in [1.54, 1.807) is 27.4 Å². The zero-order valence-corrected chi connectivity index (χ0v) is 18.1. The van der Waals surface area contributed by atoms with E-state index in [1.807, 2.05) is 49.4 Å². The van der Waals surface area contributed by atoms with Crippen LogP contribution in [0.15, 0.2) is 53.6 Å². The number of amides is 1. The van der Waals surface area contributed by atoms with Crippen molar-refractivity contribution >= 4 is 23.4 Å². The Morgan fingerprint density at radius 2 is 1.73 bits per heavy atom. The minimum atomic E-state index is -0.147. The molecule has 1 aromatic heterocycles. The van der Waals surface area contributed by atoms with Crippen LogP contribution in [0.25, 0.3) is 11.3 Å². The van der Waals surface area contributed by atoms with Crippen molar-refractivity contribution in [1.82, 2.24) is 10.2 Å². The number of ether oxygens (including phenoxy) is 3. The lowest BCUT2D eigenvalue weighted by Gasteiger charge is -2.11. The van der Waals surface area contributed by atoms with Gasteiger partial charge >= 0.3 is 0 Å². The van der Waals surface area contributed by atoms with E-state index in [1.165, 1.54) is 11.8 Å². The van der Waals surface area contributed by atoms with Gasteiger partial charge in [-0.1, -0.05) is 17.8 Å². The maximum atomic E-state index is 12.3. The third kappa shape index (κ3) is 5.21. The number of nitrogens with one attached hydrogen (secondary N) is 1. The molecule has 0 saturated heterocycles. The van der Waals surface area contributed by atoms with Crippen molar-refractivity contribution < 1.29 is 19.0 Å². The Morgan fingerprint density at radius 1 is 0.933 bits per heavy atom. The number of carbonyl (C=O) groups is 1. The third-order valence-corrected chi connectivity index (χ3v) is 5.22. The van der Waals surface area contributed by atoms with E-state index in [2.05, 4.69) is 15.5 Å². The summed E-state index contributed by atoms with van der Waals surface area (Å²) in [6.07, 6.45) is 0. The zero-order chi connectivity index (χ0) is 21.5. The van der Waals surface area contributed by atoms with Crippen molar-refractivity contribution in [2.75, 3.05) is 32.4 Å². The smallest absolute Gasteiger partial charge is 0.234 e. The average Bonchev–Trinajstić information content (AvgIpc) is 2.77.